The molecule has 0 saturated heterocycles. The largest absolute Gasteiger partial charge is 0.393 e. The monoisotopic (exact) mass is 166 g/mol. The maximum absolute atomic E-state index is 8.99. The van der Waals surface area contributed by atoms with Crippen molar-refractivity contribution in [2.75, 3.05) is 13.2 Å². The van der Waals surface area contributed by atoms with Gasteiger partial charge >= 0.3 is 0 Å². The van der Waals surface area contributed by atoms with Crippen molar-refractivity contribution in [3.63, 3.8) is 0 Å². The second-order valence-corrected chi connectivity index (χ2v) is 2.54. The summed E-state index contributed by atoms with van der Waals surface area (Å²) >= 11 is 0. The number of rotatable bonds is 4. The molecule has 1 N–H and O–H groups in total. The predicted molar refractivity (Wildman–Crippen MR) is 47.9 cm³/mol. The Morgan fingerprint density at radius 1 is 1.33 bits per heavy atom. The quantitative estimate of drug-likeness (QED) is 0.738. The van der Waals surface area contributed by atoms with Gasteiger partial charge in [-0.2, -0.15) is 0 Å². The zero-order valence-electron chi connectivity index (χ0n) is 7.23. The zero-order chi connectivity index (χ0) is 8.81. The lowest BCUT2D eigenvalue weighted by Gasteiger charge is -2.13. The van der Waals surface area contributed by atoms with Crippen LogP contribution in [-0.2, 0) is 4.74 Å². The van der Waals surface area contributed by atoms with Gasteiger partial charge in [-0.1, -0.05) is 30.3 Å². The molecule has 0 radical (unpaired) electrons. The minimum Gasteiger partial charge on any atom is -0.393 e. The van der Waals surface area contributed by atoms with Crippen LogP contribution in [-0.4, -0.2) is 18.3 Å². The number of hydrogen-bond acceptors (Lipinski definition) is 2. The van der Waals surface area contributed by atoms with E-state index in [9.17, 15) is 0 Å². The van der Waals surface area contributed by atoms with Crippen LogP contribution >= 0.6 is 0 Å². The van der Waals surface area contributed by atoms with Crippen molar-refractivity contribution >= 4 is 0 Å². The normalized spacial score (nSPS) is 12.8. The summed E-state index contributed by atoms with van der Waals surface area (Å²) in [6.45, 7) is 2.59. The predicted octanol–water partition coefficient (Wildman–Crippen LogP) is 1.76. The lowest BCUT2D eigenvalue weighted by Crippen LogP contribution is -2.08. The summed E-state index contributed by atoms with van der Waals surface area (Å²) < 4.78 is 5.33. The second kappa shape index (κ2) is 4.91. The SMILES string of the molecule is CCO[C@H](CO)c1ccccc1. The van der Waals surface area contributed by atoms with E-state index in [4.69, 9.17) is 9.84 Å². The van der Waals surface area contributed by atoms with Gasteiger partial charge in [-0.15, -0.1) is 0 Å². The van der Waals surface area contributed by atoms with Crippen molar-refractivity contribution in [1.82, 2.24) is 0 Å². The van der Waals surface area contributed by atoms with E-state index in [2.05, 4.69) is 0 Å². The van der Waals surface area contributed by atoms with Crippen LogP contribution in [0.1, 0.15) is 18.6 Å². The van der Waals surface area contributed by atoms with Gasteiger partial charge in [0.1, 0.15) is 6.10 Å². The van der Waals surface area contributed by atoms with E-state index in [0.717, 1.165) is 5.56 Å². The summed E-state index contributed by atoms with van der Waals surface area (Å²) in [5, 5.41) is 8.99. The molecular formula is C10H14O2. The molecule has 12 heavy (non-hydrogen) atoms. The molecule has 0 fully saturated rings. The molecule has 0 aromatic heterocycles. The number of aliphatic hydroxyl groups excluding tert-OH is 1. The molecule has 1 atom stereocenters. The van der Waals surface area contributed by atoms with Gasteiger partial charge in [-0.3, -0.25) is 0 Å². The third kappa shape index (κ3) is 2.32. The van der Waals surface area contributed by atoms with Crippen LogP contribution in [0, 0.1) is 0 Å². The summed E-state index contributed by atoms with van der Waals surface area (Å²) in [4.78, 5) is 0. The van der Waals surface area contributed by atoms with Gasteiger partial charge in [0.15, 0.2) is 0 Å². The molecule has 0 bridgehead atoms. The minimum atomic E-state index is -0.170. The van der Waals surface area contributed by atoms with Gasteiger partial charge in [0.25, 0.3) is 0 Å². The zero-order valence-corrected chi connectivity index (χ0v) is 7.23. The molecule has 1 rings (SSSR count). The van der Waals surface area contributed by atoms with Crippen molar-refractivity contribution in [3.8, 4) is 0 Å². The van der Waals surface area contributed by atoms with Crippen molar-refractivity contribution in [3.05, 3.63) is 35.9 Å². The van der Waals surface area contributed by atoms with Crippen LogP contribution < -0.4 is 0 Å². The maximum Gasteiger partial charge on any atom is 0.105 e. The molecule has 1 aromatic rings. The van der Waals surface area contributed by atoms with Gasteiger partial charge in [0.05, 0.1) is 6.61 Å². The topological polar surface area (TPSA) is 29.5 Å². The fraction of sp³-hybridized carbons (Fsp3) is 0.400. The molecule has 0 aliphatic carbocycles. The van der Waals surface area contributed by atoms with E-state index in [-0.39, 0.29) is 12.7 Å². The molecule has 0 aliphatic rings. The van der Waals surface area contributed by atoms with E-state index in [0.29, 0.717) is 6.61 Å². The third-order valence-corrected chi connectivity index (χ3v) is 1.71. The Morgan fingerprint density at radius 3 is 2.50 bits per heavy atom. The summed E-state index contributed by atoms with van der Waals surface area (Å²) in [6.07, 6.45) is -0.170. The van der Waals surface area contributed by atoms with Crippen LogP contribution in [0.15, 0.2) is 30.3 Å². The molecular weight excluding hydrogens is 152 g/mol. The summed E-state index contributed by atoms with van der Waals surface area (Å²) in [6, 6.07) is 9.74. The van der Waals surface area contributed by atoms with E-state index >= 15 is 0 Å². The average Bonchev–Trinajstić information content (AvgIpc) is 2.15. The fourth-order valence-electron chi connectivity index (χ4n) is 1.12. The van der Waals surface area contributed by atoms with Crippen LogP contribution in [0.25, 0.3) is 0 Å². The second-order valence-electron chi connectivity index (χ2n) is 2.54. The highest BCUT2D eigenvalue weighted by Gasteiger charge is 2.07. The number of aliphatic hydroxyl groups is 1. The molecule has 0 saturated carbocycles. The fourth-order valence-corrected chi connectivity index (χ4v) is 1.12. The van der Waals surface area contributed by atoms with Crippen molar-refractivity contribution in [2.24, 2.45) is 0 Å². The Hall–Kier alpha value is -0.860. The van der Waals surface area contributed by atoms with E-state index in [1.165, 1.54) is 0 Å². The number of ether oxygens (including phenoxy) is 1. The highest BCUT2D eigenvalue weighted by Crippen LogP contribution is 2.15. The Bertz CT molecular complexity index is 208. The lowest BCUT2D eigenvalue weighted by atomic mass is 10.1. The van der Waals surface area contributed by atoms with Gasteiger partial charge in [-0.05, 0) is 12.5 Å². The van der Waals surface area contributed by atoms with Crippen LogP contribution in [0.2, 0.25) is 0 Å². The van der Waals surface area contributed by atoms with Gasteiger partial charge < -0.3 is 9.84 Å². The van der Waals surface area contributed by atoms with E-state index in [1.807, 2.05) is 37.3 Å². The number of benzene rings is 1. The smallest absolute Gasteiger partial charge is 0.105 e. The molecule has 66 valence electrons. The molecule has 0 unspecified atom stereocenters. The number of hydrogen-bond donors (Lipinski definition) is 1. The first-order chi connectivity index (χ1) is 5.88. The lowest BCUT2D eigenvalue weighted by molar-refractivity contribution is 0.0189. The standard InChI is InChI=1S/C10H14O2/c1-2-12-10(8-11)9-6-4-3-5-7-9/h3-7,10-11H,2,8H2,1H3/t10-/m1/s1. The summed E-state index contributed by atoms with van der Waals surface area (Å²) in [5.41, 5.74) is 1.03. The molecule has 0 aliphatic heterocycles. The Kier molecular flexibility index (Phi) is 3.77. The van der Waals surface area contributed by atoms with Gasteiger partial charge in [-0.25, -0.2) is 0 Å². The first-order valence-electron chi connectivity index (χ1n) is 4.16. The van der Waals surface area contributed by atoms with Gasteiger partial charge in [0.2, 0.25) is 0 Å². The molecule has 0 amide bonds. The molecule has 2 nitrogen and oxygen atoms in total. The Morgan fingerprint density at radius 2 is 2.00 bits per heavy atom. The Balaban J connectivity index is 2.66. The highest BCUT2D eigenvalue weighted by molar-refractivity contribution is 5.17. The first-order valence-corrected chi connectivity index (χ1v) is 4.16. The third-order valence-electron chi connectivity index (χ3n) is 1.71. The molecule has 2 heteroatoms. The van der Waals surface area contributed by atoms with Crippen LogP contribution in [0.4, 0.5) is 0 Å². The maximum atomic E-state index is 8.99. The van der Waals surface area contributed by atoms with E-state index < -0.39 is 0 Å². The summed E-state index contributed by atoms with van der Waals surface area (Å²) in [7, 11) is 0. The average molecular weight is 166 g/mol. The molecule has 0 heterocycles. The van der Waals surface area contributed by atoms with Crippen molar-refractivity contribution < 1.29 is 9.84 Å². The molecule has 1 aromatic carbocycles. The van der Waals surface area contributed by atoms with Crippen molar-refractivity contribution in [2.45, 2.75) is 13.0 Å². The van der Waals surface area contributed by atoms with Crippen LogP contribution in [0.3, 0.4) is 0 Å². The van der Waals surface area contributed by atoms with Gasteiger partial charge in [0, 0.05) is 6.61 Å². The minimum absolute atomic E-state index is 0.0395. The Labute approximate surface area is 72.8 Å². The van der Waals surface area contributed by atoms with E-state index in [1.54, 1.807) is 0 Å². The first kappa shape index (κ1) is 9.23. The molecule has 0 spiro atoms. The highest BCUT2D eigenvalue weighted by atomic mass is 16.5. The van der Waals surface area contributed by atoms with Crippen molar-refractivity contribution in [1.29, 1.82) is 0 Å². The summed E-state index contributed by atoms with van der Waals surface area (Å²) in [5.74, 6) is 0. The van der Waals surface area contributed by atoms with Crippen LogP contribution in [0.5, 0.6) is 0 Å².